The summed E-state index contributed by atoms with van der Waals surface area (Å²) in [6, 6.07) is 4.16. The topological polar surface area (TPSA) is 58.2 Å². The minimum absolute atomic E-state index is 0.0236. The number of rotatable bonds is 5. The third kappa shape index (κ3) is 4.98. The van der Waals surface area contributed by atoms with Crippen molar-refractivity contribution >= 4 is 27.7 Å². The van der Waals surface area contributed by atoms with Crippen molar-refractivity contribution in [1.29, 1.82) is 0 Å². The summed E-state index contributed by atoms with van der Waals surface area (Å²) >= 11 is 3.18. The normalized spacial score (nSPS) is 10.4. The van der Waals surface area contributed by atoms with Gasteiger partial charge in [0.2, 0.25) is 5.91 Å². The van der Waals surface area contributed by atoms with Gasteiger partial charge in [0.25, 0.3) is 5.91 Å². The van der Waals surface area contributed by atoms with Crippen LogP contribution in [0.2, 0.25) is 0 Å². The number of halogens is 2. The summed E-state index contributed by atoms with van der Waals surface area (Å²) < 4.78 is 14.0. The van der Waals surface area contributed by atoms with Crippen molar-refractivity contribution in [1.82, 2.24) is 10.6 Å². The van der Waals surface area contributed by atoms with Crippen LogP contribution in [0, 0.1) is 11.7 Å². The van der Waals surface area contributed by atoms with Gasteiger partial charge in [-0.15, -0.1) is 0 Å². The molecule has 0 bridgehead atoms. The number of benzene rings is 1. The SMILES string of the molecule is CC(C)C(=O)NCCNC(=O)c1cc(Br)ccc1F. The van der Waals surface area contributed by atoms with E-state index in [1.54, 1.807) is 13.8 Å². The van der Waals surface area contributed by atoms with Crippen molar-refractivity contribution in [3.8, 4) is 0 Å². The molecule has 104 valence electrons. The van der Waals surface area contributed by atoms with Gasteiger partial charge in [0, 0.05) is 23.5 Å². The van der Waals surface area contributed by atoms with Crippen LogP contribution in [0.5, 0.6) is 0 Å². The number of amides is 2. The van der Waals surface area contributed by atoms with Gasteiger partial charge < -0.3 is 10.6 Å². The molecule has 0 aromatic heterocycles. The summed E-state index contributed by atoms with van der Waals surface area (Å²) in [5, 5.41) is 5.21. The second kappa shape index (κ2) is 7.23. The van der Waals surface area contributed by atoms with Crippen LogP contribution in [0.15, 0.2) is 22.7 Å². The Labute approximate surface area is 119 Å². The lowest BCUT2D eigenvalue weighted by atomic mass is 10.2. The average Bonchev–Trinajstić information content (AvgIpc) is 2.36. The molecule has 0 spiro atoms. The first-order chi connectivity index (χ1) is 8.91. The van der Waals surface area contributed by atoms with E-state index in [0.717, 1.165) is 0 Å². The van der Waals surface area contributed by atoms with E-state index < -0.39 is 11.7 Å². The first-order valence-electron chi connectivity index (χ1n) is 5.92. The van der Waals surface area contributed by atoms with Crippen LogP contribution in [0.25, 0.3) is 0 Å². The first-order valence-corrected chi connectivity index (χ1v) is 6.72. The van der Waals surface area contributed by atoms with E-state index in [4.69, 9.17) is 0 Å². The lowest BCUT2D eigenvalue weighted by Gasteiger charge is -2.09. The van der Waals surface area contributed by atoms with Crippen LogP contribution < -0.4 is 10.6 Å². The van der Waals surface area contributed by atoms with E-state index in [-0.39, 0.29) is 23.9 Å². The van der Waals surface area contributed by atoms with E-state index in [9.17, 15) is 14.0 Å². The Morgan fingerprint density at radius 2 is 1.89 bits per heavy atom. The average molecular weight is 331 g/mol. The van der Waals surface area contributed by atoms with Gasteiger partial charge in [-0.05, 0) is 18.2 Å². The van der Waals surface area contributed by atoms with Gasteiger partial charge >= 0.3 is 0 Å². The Bertz CT molecular complexity index is 478. The Hall–Kier alpha value is -1.43. The molecule has 19 heavy (non-hydrogen) atoms. The third-order valence-electron chi connectivity index (χ3n) is 2.41. The molecule has 0 fully saturated rings. The Balaban J connectivity index is 2.44. The second-order valence-electron chi connectivity index (χ2n) is 4.33. The van der Waals surface area contributed by atoms with Crippen LogP contribution in [0.1, 0.15) is 24.2 Å². The van der Waals surface area contributed by atoms with Gasteiger partial charge in [-0.1, -0.05) is 29.8 Å². The fourth-order valence-corrected chi connectivity index (χ4v) is 1.69. The van der Waals surface area contributed by atoms with Crippen LogP contribution >= 0.6 is 15.9 Å². The summed E-state index contributed by atoms with van der Waals surface area (Å²) in [6.07, 6.45) is 0. The number of carbonyl (C=O) groups excluding carboxylic acids is 2. The monoisotopic (exact) mass is 330 g/mol. The standard InChI is InChI=1S/C13H16BrFN2O2/c1-8(2)12(18)16-5-6-17-13(19)10-7-9(14)3-4-11(10)15/h3-4,7-8H,5-6H2,1-2H3,(H,16,18)(H,17,19). The molecule has 1 aromatic carbocycles. The molecule has 0 aliphatic carbocycles. The van der Waals surface area contributed by atoms with Crippen molar-refractivity contribution in [2.75, 3.05) is 13.1 Å². The molecule has 0 aliphatic rings. The fourth-order valence-electron chi connectivity index (χ4n) is 1.33. The fraction of sp³-hybridized carbons (Fsp3) is 0.385. The Morgan fingerprint density at radius 3 is 2.53 bits per heavy atom. The minimum atomic E-state index is -0.577. The van der Waals surface area contributed by atoms with Crippen molar-refractivity contribution in [3.05, 3.63) is 34.1 Å². The quantitative estimate of drug-likeness (QED) is 0.812. The summed E-state index contributed by atoms with van der Waals surface area (Å²) in [5.74, 6) is -1.26. The highest BCUT2D eigenvalue weighted by molar-refractivity contribution is 9.10. The molecule has 4 nitrogen and oxygen atoms in total. The summed E-state index contributed by atoms with van der Waals surface area (Å²) in [6.45, 7) is 4.14. The van der Waals surface area contributed by atoms with E-state index in [1.807, 2.05) is 0 Å². The van der Waals surface area contributed by atoms with Crippen LogP contribution in [0.4, 0.5) is 4.39 Å². The highest BCUT2D eigenvalue weighted by Crippen LogP contribution is 2.15. The number of nitrogens with one attached hydrogen (secondary N) is 2. The van der Waals surface area contributed by atoms with Gasteiger partial charge in [-0.2, -0.15) is 0 Å². The molecule has 0 saturated heterocycles. The second-order valence-corrected chi connectivity index (χ2v) is 5.24. The van der Waals surface area contributed by atoms with E-state index in [1.165, 1.54) is 18.2 Å². The molecular weight excluding hydrogens is 315 g/mol. The smallest absolute Gasteiger partial charge is 0.254 e. The molecule has 0 radical (unpaired) electrons. The lowest BCUT2D eigenvalue weighted by Crippen LogP contribution is -2.36. The van der Waals surface area contributed by atoms with Crippen LogP contribution in [-0.4, -0.2) is 24.9 Å². The first kappa shape index (κ1) is 15.6. The van der Waals surface area contributed by atoms with Crippen molar-refractivity contribution in [2.24, 2.45) is 5.92 Å². The molecule has 0 aliphatic heterocycles. The number of carbonyl (C=O) groups is 2. The summed E-state index contributed by atoms with van der Waals surface area (Å²) in [4.78, 5) is 23.0. The summed E-state index contributed by atoms with van der Waals surface area (Å²) in [5.41, 5.74) is -0.0236. The molecule has 0 heterocycles. The maximum absolute atomic E-state index is 13.4. The molecule has 0 saturated carbocycles. The highest BCUT2D eigenvalue weighted by Gasteiger charge is 2.12. The minimum Gasteiger partial charge on any atom is -0.354 e. The zero-order valence-corrected chi connectivity index (χ0v) is 12.4. The molecule has 6 heteroatoms. The zero-order chi connectivity index (χ0) is 14.4. The van der Waals surface area contributed by atoms with E-state index >= 15 is 0 Å². The van der Waals surface area contributed by atoms with Gasteiger partial charge in [0.15, 0.2) is 0 Å². The Morgan fingerprint density at radius 1 is 1.26 bits per heavy atom. The predicted octanol–water partition coefficient (Wildman–Crippen LogP) is 2.09. The lowest BCUT2D eigenvalue weighted by molar-refractivity contribution is -0.123. The molecule has 2 amide bonds. The van der Waals surface area contributed by atoms with Gasteiger partial charge in [-0.3, -0.25) is 9.59 Å². The molecule has 1 aromatic rings. The highest BCUT2D eigenvalue weighted by atomic mass is 79.9. The molecule has 1 rings (SSSR count). The van der Waals surface area contributed by atoms with Gasteiger partial charge in [-0.25, -0.2) is 4.39 Å². The van der Waals surface area contributed by atoms with E-state index in [0.29, 0.717) is 11.0 Å². The van der Waals surface area contributed by atoms with E-state index in [2.05, 4.69) is 26.6 Å². The van der Waals surface area contributed by atoms with Crippen molar-refractivity contribution in [2.45, 2.75) is 13.8 Å². The molecule has 0 unspecified atom stereocenters. The summed E-state index contributed by atoms with van der Waals surface area (Å²) in [7, 11) is 0. The van der Waals surface area contributed by atoms with Crippen LogP contribution in [-0.2, 0) is 4.79 Å². The van der Waals surface area contributed by atoms with Crippen LogP contribution in [0.3, 0.4) is 0 Å². The maximum Gasteiger partial charge on any atom is 0.254 e. The predicted molar refractivity (Wildman–Crippen MR) is 74.3 cm³/mol. The zero-order valence-electron chi connectivity index (χ0n) is 10.8. The Kier molecular flexibility index (Phi) is 5.95. The van der Waals surface area contributed by atoms with Gasteiger partial charge in [0.1, 0.15) is 5.82 Å². The third-order valence-corrected chi connectivity index (χ3v) is 2.90. The molecule has 0 atom stereocenters. The van der Waals surface area contributed by atoms with Crippen molar-refractivity contribution < 1.29 is 14.0 Å². The van der Waals surface area contributed by atoms with Crippen molar-refractivity contribution in [3.63, 3.8) is 0 Å². The molecular formula is C13H16BrFN2O2. The number of hydrogen-bond acceptors (Lipinski definition) is 2. The largest absolute Gasteiger partial charge is 0.354 e. The molecule has 2 N–H and O–H groups in total. The van der Waals surface area contributed by atoms with Gasteiger partial charge in [0.05, 0.1) is 5.56 Å². The maximum atomic E-state index is 13.4. The number of hydrogen-bond donors (Lipinski definition) is 2.